The van der Waals surface area contributed by atoms with Gasteiger partial charge < -0.3 is 11.1 Å². The second-order valence-electron chi connectivity index (χ2n) is 6.88. The van der Waals surface area contributed by atoms with E-state index in [9.17, 15) is 0 Å². The fourth-order valence-electron chi connectivity index (χ4n) is 3.74. The Bertz CT molecular complexity index is 856. The Morgan fingerprint density at radius 3 is 2.23 bits per heavy atom. The second-order valence-corrected chi connectivity index (χ2v) is 6.88. The third-order valence-electron chi connectivity index (χ3n) is 5.07. The first kappa shape index (κ1) is 16.6. The molecule has 1 fully saturated rings. The van der Waals surface area contributed by atoms with Crippen LogP contribution in [0.4, 0.5) is 11.6 Å². The Labute approximate surface area is 154 Å². The molecular formula is C22H24N4. The van der Waals surface area contributed by atoms with Gasteiger partial charge in [-0.25, -0.2) is 9.97 Å². The minimum absolute atomic E-state index is 0.457. The number of nitrogens with two attached hydrogens (primary N) is 1. The highest BCUT2D eigenvalue weighted by Crippen LogP contribution is 2.40. The van der Waals surface area contributed by atoms with Crippen molar-refractivity contribution in [2.45, 2.75) is 38.1 Å². The Kier molecular flexibility index (Phi) is 4.82. The van der Waals surface area contributed by atoms with Gasteiger partial charge in [-0.1, -0.05) is 73.5 Å². The third kappa shape index (κ3) is 3.54. The molecule has 0 aliphatic heterocycles. The van der Waals surface area contributed by atoms with Crippen molar-refractivity contribution >= 4 is 11.6 Å². The monoisotopic (exact) mass is 344 g/mol. The summed E-state index contributed by atoms with van der Waals surface area (Å²) in [6.07, 6.45) is 4.84. The molecule has 26 heavy (non-hydrogen) atoms. The van der Waals surface area contributed by atoms with Gasteiger partial charge in [0.1, 0.15) is 11.6 Å². The second kappa shape index (κ2) is 7.56. The average Bonchev–Trinajstić information content (AvgIpc) is 3.21. The molecular weight excluding hydrogens is 320 g/mol. The van der Waals surface area contributed by atoms with Crippen LogP contribution in [-0.4, -0.2) is 9.97 Å². The van der Waals surface area contributed by atoms with E-state index >= 15 is 0 Å². The molecule has 0 atom stereocenters. The molecule has 3 N–H and O–H groups in total. The molecule has 1 aliphatic carbocycles. The molecule has 1 aromatic heterocycles. The maximum absolute atomic E-state index is 6.42. The molecule has 0 unspecified atom stereocenters. The Balaban J connectivity index is 1.70. The summed E-state index contributed by atoms with van der Waals surface area (Å²) in [7, 11) is 0. The Morgan fingerprint density at radius 1 is 0.885 bits per heavy atom. The maximum Gasteiger partial charge on any atom is 0.163 e. The zero-order valence-corrected chi connectivity index (χ0v) is 14.9. The molecule has 132 valence electrons. The lowest BCUT2D eigenvalue weighted by molar-refractivity contribution is 0.719. The van der Waals surface area contributed by atoms with Crippen LogP contribution < -0.4 is 11.1 Å². The summed E-state index contributed by atoms with van der Waals surface area (Å²) in [6, 6.07) is 20.4. The molecule has 4 heteroatoms. The van der Waals surface area contributed by atoms with E-state index in [1.165, 1.54) is 18.4 Å². The molecule has 1 heterocycles. The highest BCUT2D eigenvalue weighted by atomic mass is 15.1. The lowest BCUT2D eigenvalue weighted by Crippen LogP contribution is -2.12. The van der Waals surface area contributed by atoms with E-state index < -0.39 is 0 Å². The van der Waals surface area contributed by atoms with Crippen LogP contribution in [0.5, 0.6) is 0 Å². The Hall–Kier alpha value is -2.88. The van der Waals surface area contributed by atoms with E-state index in [0.29, 0.717) is 17.6 Å². The third-order valence-corrected chi connectivity index (χ3v) is 5.07. The first-order valence-corrected chi connectivity index (χ1v) is 9.32. The summed E-state index contributed by atoms with van der Waals surface area (Å²) in [4.78, 5) is 9.49. The van der Waals surface area contributed by atoms with Gasteiger partial charge in [0.15, 0.2) is 5.82 Å². The SMILES string of the molecule is Nc1nc(-c2ccccc2)nc(NCc2ccccc2)c1C1CCCC1. The maximum atomic E-state index is 6.42. The van der Waals surface area contributed by atoms with Crippen molar-refractivity contribution in [2.75, 3.05) is 11.1 Å². The zero-order valence-electron chi connectivity index (χ0n) is 14.9. The number of aromatic nitrogens is 2. The van der Waals surface area contributed by atoms with E-state index in [0.717, 1.165) is 36.3 Å². The van der Waals surface area contributed by atoms with Gasteiger partial charge in [0.05, 0.1) is 0 Å². The van der Waals surface area contributed by atoms with Crippen molar-refractivity contribution < 1.29 is 0 Å². The average molecular weight is 344 g/mol. The van der Waals surface area contributed by atoms with Crippen molar-refractivity contribution in [1.29, 1.82) is 0 Å². The lowest BCUT2D eigenvalue weighted by Gasteiger charge is -2.19. The van der Waals surface area contributed by atoms with Gasteiger partial charge in [0.25, 0.3) is 0 Å². The number of nitrogen functional groups attached to an aromatic ring is 1. The minimum atomic E-state index is 0.457. The van der Waals surface area contributed by atoms with Gasteiger partial charge in [-0.3, -0.25) is 0 Å². The summed E-state index contributed by atoms with van der Waals surface area (Å²) in [5.41, 5.74) is 9.72. The van der Waals surface area contributed by atoms with Crippen LogP contribution in [0, 0.1) is 0 Å². The van der Waals surface area contributed by atoms with E-state index in [4.69, 9.17) is 10.7 Å². The molecule has 3 aromatic rings. The fourth-order valence-corrected chi connectivity index (χ4v) is 3.74. The largest absolute Gasteiger partial charge is 0.383 e. The molecule has 2 aromatic carbocycles. The van der Waals surface area contributed by atoms with Gasteiger partial charge in [-0.2, -0.15) is 0 Å². The van der Waals surface area contributed by atoms with Crippen molar-refractivity contribution in [3.63, 3.8) is 0 Å². The summed E-state index contributed by atoms with van der Waals surface area (Å²) in [5.74, 6) is 2.63. The number of rotatable bonds is 5. The topological polar surface area (TPSA) is 63.8 Å². The van der Waals surface area contributed by atoms with E-state index in [1.807, 2.05) is 36.4 Å². The van der Waals surface area contributed by atoms with Crippen molar-refractivity contribution in [2.24, 2.45) is 0 Å². The molecule has 0 amide bonds. The molecule has 4 nitrogen and oxygen atoms in total. The van der Waals surface area contributed by atoms with Crippen LogP contribution in [0.2, 0.25) is 0 Å². The normalized spacial score (nSPS) is 14.5. The molecule has 0 bridgehead atoms. The minimum Gasteiger partial charge on any atom is -0.383 e. The molecule has 1 saturated carbocycles. The first-order valence-electron chi connectivity index (χ1n) is 9.32. The number of hydrogen-bond acceptors (Lipinski definition) is 4. The number of hydrogen-bond donors (Lipinski definition) is 2. The van der Waals surface area contributed by atoms with Gasteiger partial charge in [-0.15, -0.1) is 0 Å². The number of anilines is 2. The smallest absolute Gasteiger partial charge is 0.163 e. The van der Waals surface area contributed by atoms with Gasteiger partial charge in [0.2, 0.25) is 0 Å². The number of nitrogens with zero attached hydrogens (tertiary/aromatic N) is 2. The molecule has 4 rings (SSSR count). The number of nitrogens with one attached hydrogen (secondary N) is 1. The Morgan fingerprint density at radius 2 is 1.54 bits per heavy atom. The predicted octanol–water partition coefficient (Wildman–Crippen LogP) is 5.00. The summed E-state index contributed by atoms with van der Waals surface area (Å²) < 4.78 is 0. The van der Waals surface area contributed by atoms with Crippen molar-refractivity contribution in [3.05, 3.63) is 71.8 Å². The van der Waals surface area contributed by atoms with Gasteiger partial charge in [0, 0.05) is 17.7 Å². The first-order chi connectivity index (χ1) is 12.8. The summed E-state index contributed by atoms with van der Waals surface area (Å²) >= 11 is 0. The van der Waals surface area contributed by atoms with Crippen LogP contribution in [0.1, 0.15) is 42.7 Å². The van der Waals surface area contributed by atoms with Crippen molar-refractivity contribution in [1.82, 2.24) is 9.97 Å². The summed E-state index contributed by atoms with van der Waals surface area (Å²) in [5, 5.41) is 3.53. The van der Waals surface area contributed by atoms with Gasteiger partial charge in [-0.05, 0) is 24.3 Å². The quantitative estimate of drug-likeness (QED) is 0.684. The van der Waals surface area contributed by atoms with E-state index in [-0.39, 0.29) is 0 Å². The number of benzene rings is 2. The zero-order chi connectivity index (χ0) is 17.8. The predicted molar refractivity (Wildman–Crippen MR) is 107 cm³/mol. The molecule has 1 aliphatic rings. The van der Waals surface area contributed by atoms with Crippen LogP contribution in [0.15, 0.2) is 60.7 Å². The van der Waals surface area contributed by atoms with Crippen molar-refractivity contribution in [3.8, 4) is 11.4 Å². The van der Waals surface area contributed by atoms with Crippen LogP contribution in [-0.2, 0) is 6.54 Å². The standard InChI is InChI=1S/C22H24N4/c23-20-19(17-11-7-8-12-17)22(24-15-16-9-3-1-4-10-16)26-21(25-20)18-13-5-2-6-14-18/h1-6,9-10,13-14,17H,7-8,11-12,15H2,(H3,23,24,25,26). The fraction of sp³-hybridized carbons (Fsp3) is 0.273. The highest BCUT2D eigenvalue weighted by molar-refractivity contribution is 5.65. The molecule has 0 radical (unpaired) electrons. The molecule has 0 spiro atoms. The van der Waals surface area contributed by atoms with E-state index in [2.05, 4.69) is 34.6 Å². The van der Waals surface area contributed by atoms with Crippen LogP contribution in [0.3, 0.4) is 0 Å². The molecule has 0 saturated heterocycles. The van der Waals surface area contributed by atoms with Gasteiger partial charge >= 0.3 is 0 Å². The van der Waals surface area contributed by atoms with Crippen LogP contribution in [0.25, 0.3) is 11.4 Å². The highest BCUT2D eigenvalue weighted by Gasteiger charge is 2.25. The van der Waals surface area contributed by atoms with Crippen LogP contribution >= 0.6 is 0 Å². The summed E-state index contributed by atoms with van der Waals surface area (Å²) in [6.45, 7) is 0.727. The lowest BCUT2D eigenvalue weighted by atomic mass is 9.98. The van der Waals surface area contributed by atoms with E-state index in [1.54, 1.807) is 0 Å².